The van der Waals surface area contributed by atoms with Crippen molar-refractivity contribution in [1.29, 1.82) is 0 Å². The quantitative estimate of drug-likeness (QED) is 0.373. The average molecular weight is 469 g/mol. The van der Waals surface area contributed by atoms with Crippen molar-refractivity contribution in [2.45, 2.75) is 17.8 Å². The number of benzene rings is 1. The van der Waals surface area contributed by atoms with E-state index in [1.54, 1.807) is 11.6 Å². The van der Waals surface area contributed by atoms with Crippen molar-refractivity contribution in [2.75, 3.05) is 27.2 Å². The number of rotatable bonds is 9. The predicted octanol–water partition coefficient (Wildman–Crippen LogP) is 3.88. The molecular formula is C22H24N6O2S2. The summed E-state index contributed by atoms with van der Waals surface area (Å²) in [4.78, 5) is 18.8. The molecule has 0 aliphatic carbocycles. The van der Waals surface area contributed by atoms with Crippen LogP contribution < -0.4 is 5.32 Å². The number of carbonyl (C=O) groups excluding carboxylic acids is 1. The van der Waals surface area contributed by atoms with Gasteiger partial charge in [0, 0.05) is 24.2 Å². The standard InChI is InChI=1S/C22H24N6O2S2/c1-15-6-8-16(9-7-15)28-20(18-5-4-12-30-18)25-26-22(28)32-14-19-24-17(13-31-19)21(29)23-10-11-27(2)3/h4-9,12-13H,10-11,14H2,1-3H3,(H,23,29). The molecule has 4 rings (SSSR count). The van der Waals surface area contributed by atoms with Crippen molar-refractivity contribution in [3.8, 4) is 17.3 Å². The first-order valence-electron chi connectivity index (χ1n) is 10.1. The summed E-state index contributed by atoms with van der Waals surface area (Å²) >= 11 is 2.99. The monoisotopic (exact) mass is 468 g/mol. The number of amides is 1. The minimum atomic E-state index is -0.151. The Bertz CT molecular complexity index is 1170. The zero-order chi connectivity index (χ0) is 22.5. The van der Waals surface area contributed by atoms with Gasteiger partial charge in [0.25, 0.3) is 5.91 Å². The maximum absolute atomic E-state index is 12.3. The van der Waals surface area contributed by atoms with Gasteiger partial charge in [0.1, 0.15) is 10.7 Å². The van der Waals surface area contributed by atoms with Crippen LogP contribution in [0, 0.1) is 6.92 Å². The highest BCUT2D eigenvalue weighted by molar-refractivity contribution is 7.98. The van der Waals surface area contributed by atoms with E-state index in [9.17, 15) is 4.79 Å². The summed E-state index contributed by atoms with van der Waals surface area (Å²) in [5, 5.41) is 15.0. The van der Waals surface area contributed by atoms with Crippen LogP contribution in [0.1, 0.15) is 21.1 Å². The number of carbonyl (C=O) groups is 1. The number of aryl methyl sites for hydroxylation is 1. The highest BCUT2D eigenvalue weighted by atomic mass is 32.2. The van der Waals surface area contributed by atoms with Gasteiger partial charge in [-0.2, -0.15) is 0 Å². The van der Waals surface area contributed by atoms with E-state index in [2.05, 4.69) is 39.6 Å². The highest BCUT2D eigenvalue weighted by Gasteiger charge is 2.19. The normalized spacial score (nSPS) is 11.2. The molecule has 3 heterocycles. The van der Waals surface area contributed by atoms with E-state index in [1.807, 2.05) is 47.8 Å². The Balaban J connectivity index is 1.50. The number of aromatic nitrogens is 4. The molecule has 0 radical (unpaired) electrons. The largest absolute Gasteiger partial charge is 0.461 e. The molecule has 0 saturated heterocycles. The molecule has 0 atom stereocenters. The fraction of sp³-hybridized carbons (Fsp3) is 0.273. The number of furan rings is 1. The third-order valence-electron chi connectivity index (χ3n) is 4.62. The molecule has 10 heteroatoms. The molecule has 166 valence electrons. The lowest BCUT2D eigenvalue weighted by molar-refractivity contribution is 0.0946. The molecule has 0 fully saturated rings. The summed E-state index contributed by atoms with van der Waals surface area (Å²) in [6, 6.07) is 11.9. The molecule has 0 unspecified atom stereocenters. The van der Waals surface area contributed by atoms with E-state index in [0.29, 0.717) is 29.6 Å². The lowest BCUT2D eigenvalue weighted by Gasteiger charge is -2.09. The number of hydrogen-bond donors (Lipinski definition) is 1. The van der Waals surface area contributed by atoms with Gasteiger partial charge in [0.15, 0.2) is 10.9 Å². The van der Waals surface area contributed by atoms with E-state index < -0.39 is 0 Å². The molecule has 0 aliphatic heterocycles. The van der Waals surface area contributed by atoms with Crippen LogP contribution in [0.15, 0.2) is 57.6 Å². The third kappa shape index (κ3) is 5.26. The lowest BCUT2D eigenvalue weighted by atomic mass is 10.2. The molecule has 0 spiro atoms. The number of thiazole rings is 1. The third-order valence-corrected chi connectivity index (χ3v) is 6.59. The molecular weight excluding hydrogens is 444 g/mol. The number of likely N-dealkylation sites (N-methyl/N-ethyl adjacent to an activating group) is 1. The van der Waals surface area contributed by atoms with Gasteiger partial charge in [-0.05, 0) is 45.3 Å². The second kappa shape index (κ2) is 10.1. The van der Waals surface area contributed by atoms with Crippen molar-refractivity contribution >= 4 is 29.0 Å². The molecule has 32 heavy (non-hydrogen) atoms. The Morgan fingerprint density at radius 2 is 2.03 bits per heavy atom. The maximum Gasteiger partial charge on any atom is 0.270 e. The van der Waals surface area contributed by atoms with Gasteiger partial charge >= 0.3 is 0 Å². The smallest absolute Gasteiger partial charge is 0.270 e. The average Bonchev–Trinajstić information content (AvgIpc) is 3.52. The topological polar surface area (TPSA) is 89.1 Å². The van der Waals surface area contributed by atoms with Crippen molar-refractivity contribution in [2.24, 2.45) is 0 Å². The molecule has 1 N–H and O–H groups in total. The minimum Gasteiger partial charge on any atom is -0.461 e. The van der Waals surface area contributed by atoms with Crippen LogP contribution in [0.3, 0.4) is 0 Å². The van der Waals surface area contributed by atoms with Gasteiger partial charge in [-0.3, -0.25) is 9.36 Å². The Morgan fingerprint density at radius 1 is 1.22 bits per heavy atom. The van der Waals surface area contributed by atoms with Crippen molar-refractivity contribution < 1.29 is 9.21 Å². The first-order chi connectivity index (χ1) is 15.5. The van der Waals surface area contributed by atoms with Crippen LogP contribution in [0.4, 0.5) is 0 Å². The summed E-state index contributed by atoms with van der Waals surface area (Å²) in [6.45, 7) is 3.42. The van der Waals surface area contributed by atoms with E-state index in [0.717, 1.165) is 22.4 Å². The highest BCUT2D eigenvalue weighted by Crippen LogP contribution is 2.30. The SMILES string of the molecule is Cc1ccc(-n2c(SCc3nc(C(=O)NCCN(C)C)cs3)nnc2-c2ccco2)cc1. The fourth-order valence-corrected chi connectivity index (χ4v) is 4.69. The molecule has 3 aromatic heterocycles. The summed E-state index contributed by atoms with van der Waals surface area (Å²) in [7, 11) is 3.94. The first-order valence-corrected chi connectivity index (χ1v) is 11.9. The van der Waals surface area contributed by atoms with Crippen molar-refractivity contribution in [1.82, 2.24) is 30.0 Å². The molecule has 4 aromatic rings. The van der Waals surface area contributed by atoms with Crippen molar-refractivity contribution in [3.05, 3.63) is 64.3 Å². The van der Waals surface area contributed by atoms with Crippen LogP contribution in [-0.4, -0.2) is 57.7 Å². The number of nitrogens with one attached hydrogen (secondary N) is 1. The maximum atomic E-state index is 12.3. The molecule has 0 aliphatic rings. The molecule has 8 nitrogen and oxygen atoms in total. The summed E-state index contributed by atoms with van der Waals surface area (Å²) in [5.41, 5.74) is 2.57. The van der Waals surface area contributed by atoms with Crippen LogP contribution in [0.2, 0.25) is 0 Å². The predicted molar refractivity (Wildman–Crippen MR) is 126 cm³/mol. The van der Waals surface area contributed by atoms with Gasteiger partial charge in [0.2, 0.25) is 5.82 Å². The fourth-order valence-electron chi connectivity index (χ4n) is 2.95. The summed E-state index contributed by atoms with van der Waals surface area (Å²) < 4.78 is 7.55. The van der Waals surface area contributed by atoms with Crippen LogP contribution in [0.25, 0.3) is 17.3 Å². The minimum absolute atomic E-state index is 0.151. The Labute approximate surface area is 194 Å². The van der Waals surface area contributed by atoms with Crippen LogP contribution in [0.5, 0.6) is 0 Å². The van der Waals surface area contributed by atoms with E-state index in [4.69, 9.17) is 4.42 Å². The van der Waals surface area contributed by atoms with Gasteiger partial charge in [-0.25, -0.2) is 4.98 Å². The zero-order valence-electron chi connectivity index (χ0n) is 18.1. The van der Waals surface area contributed by atoms with Gasteiger partial charge in [0.05, 0.1) is 12.0 Å². The molecule has 1 amide bonds. The number of thioether (sulfide) groups is 1. The summed E-state index contributed by atoms with van der Waals surface area (Å²) in [6.07, 6.45) is 1.62. The van der Waals surface area contributed by atoms with E-state index >= 15 is 0 Å². The zero-order valence-corrected chi connectivity index (χ0v) is 19.7. The first kappa shape index (κ1) is 22.3. The van der Waals surface area contributed by atoms with Gasteiger partial charge < -0.3 is 14.6 Å². The molecule has 0 saturated carbocycles. The Hall–Kier alpha value is -2.95. The van der Waals surface area contributed by atoms with Gasteiger partial charge in [-0.15, -0.1) is 21.5 Å². The van der Waals surface area contributed by atoms with Gasteiger partial charge in [-0.1, -0.05) is 29.5 Å². The van der Waals surface area contributed by atoms with Crippen LogP contribution in [-0.2, 0) is 5.75 Å². The Morgan fingerprint density at radius 3 is 2.75 bits per heavy atom. The summed E-state index contributed by atoms with van der Waals surface area (Å²) in [5.74, 6) is 1.72. The second-order valence-corrected chi connectivity index (χ2v) is 9.31. The van der Waals surface area contributed by atoms with Crippen molar-refractivity contribution in [3.63, 3.8) is 0 Å². The number of nitrogens with zero attached hydrogens (tertiary/aromatic N) is 5. The van der Waals surface area contributed by atoms with E-state index in [1.165, 1.54) is 28.7 Å². The molecule has 0 bridgehead atoms. The lowest BCUT2D eigenvalue weighted by Crippen LogP contribution is -2.31. The molecule has 1 aromatic carbocycles. The second-order valence-electron chi connectivity index (χ2n) is 7.43. The Kier molecular flexibility index (Phi) is 7.03. The number of hydrogen-bond acceptors (Lipinski definition) is 8. The van der Waals surface area contributed by atoms with Crippen LogP contribution >= 0.6 is 23.1 Å². The van der Waals surface area contributed by atoms with E-state index in [-0.39, 0.29) is 5.91 Å².